The lowest BCUT2D eigenvalue weighted by Crippen LogP contribution is -2.43. The van der Waals surface area contributed by atoms with Gasteiger partial charge in [-0.3, -0.25) is 0 Å². The van der Waals surface area contributed by atoms with E-state index in [-0.39, 0.29) is 12.3 Å². The Morgan fingerprint density at radius 3 is 2.33 bits per heavy atom. The van der Waals surface area contributed by atoms with Gasteiger partial charge in [-0.2, -0.15) is 0 Å². The molecule has 0 aromatic heterocycles. The maximum atomic E-state index is 13.5. The van der Waals surface area contributed by atoms with Gasteiger partial charge in [0.25, 0.3) is 0 Å². The molecule has 2 N–H and O–H groups in total. The Labute approximate surface area is 181 Å². The zero-order chi connectivity index (χ0) is 22.5. The molecule has 2 rings (SSSR count). The van der Waals surface area contributed by atoms with Crippen LogP contribution in [0.2, 0.25) is 5.02 Å². The van der Waals surface area contributed by atoms with Gasteiger partial charge < -0.3 is 15.2 Å². The van der Waals surface area contributed by atoms with Crippen LogP contribution in [0.3, 0.4) is 0 Å². The van der Waals surface area contributed by atoms with E-state index in [1.807, 2.05) is 33.8 Å². The normalized spacial score (nSPS) is 13.6. The molecule has 0 saturated heterocycles. The van der Waals surface area contributed by atoms with E-state index < -0.39 is 35.4 Å². The summed E-state index contributed by atoms with van der Waals surface area (Å²) in [6.07, 6.45) is -1.40. The second kappa shape index (κ2) is 9.94. The van der Waals surface area contributed by atoms with Crippen molar-refractivity contribution in [3.05, 3.63) is 70.5 Å². The summed E-state index contributed by atoms with van der Waals surface area (Å²) >= 11 is 6.15. The van der Waals surface area contributed by atoms with E-state index in [0.29, 0.717) is 10.6 Å². The fraction of sp³-hybridized carbons (Fsp3) is 0.391. The van der Waals surface area contributed by atoms with Gasteiger partial charge in [0.2, 0.25) is 0 Å². The minimum atomic E-state index is -1.13. The first-order chi connectivity index (χ1) is 14.0. The van der Waals surface area contributed by atoms with Crippen LogP contribution < -0.4 is 5.32 Å². The average Bonchev–Trinajstić information content (AvgIpc) is 2.66. The number of benzene rings is 2. The van der Waals surface area contributed by atoms with Gasteiger partial charge in [0.15, 0.2) is 0 Å². The Hall–Kier alpha value is -2.60. The zero-order valence-corrected chi connectivity index (χ0v) is 18.2. The van der Waals surface area contributed by atoms with Gasteiger partial charge in [-0.25, -0.2) is 14.0 Å². The highest BCUT2D eigenvalue weighted by Crippen LogP contribution is 2.40. The fourth-order valence-corrected chi connectivity index (χ4v) is 3.48. The number of carbonyl (C=O) groups excluding carboxylic acids is 1. The van der Waals surface area contributed by atoms with E-state index in [4.69, 9.17) is 16.3 Å². The molecule has 0 heterocycles. The Morgan fingerprint density at radius 2 is 1.80 bits per heavy atom. The van der Waals surface area contributed by atoms with Gasteiger partial charge in [-0.15, -0.1) is 0 Å². The molecule has 0 aliphatic heterocycles. The van der Waals surface area contributed by atoms with Gasteiger partial charge in [-0.05, 0) is 47.7 Å². The number of hydrogen-bond donors (Lipinski definition) is 2. The van der Waals surface area contributed by atoms with Crippen molar-refractivity contribution < 1.29 is 23.8 Å². The molecule has 5 nitrogen and oxygen atoms in total. The van der Waals surface area contributed by atoms with Crippen LogP contribution >= 0.6 is 11.6 Å². The predicted octanol–water partition coefficient (Wildman–Crippen LogP) is 5.72. The van der Waals surface area contributed by atoms with E-state index in [0.717, 1.165) is 5.56 Å². The number of rotatable bonds is 8. The van der Waals surface area contributed by atoms with Crippen molar-refractivity contribution in [1.82, 2.24) is 5.32 Å². The summed E-state index contributed by atoms with van der Waals surface area (Å²) < 4.78 is 19.2. The summed E-state index contributed by atoms with van der Waals surface area (Å²) in [5.74, 6) is -1.47. The lowest BCUT2D eigenvalue weighted by Gasteiger charge is -2.35. The summed E-state index contributed by atoms with van der Waals surface area (Å²) in [4.78, 5) is 24.1. The van der Waals surface area contributed by atoms with Crippen molar-refractivity contribution in [2.45, 2.75) is 51.7 Å². The summed E-state index contributed by atoms with van der Waals surface area (Å²) in [5, 5.41) is 12.4. The van der Waals surface area contributed by atoms with Crippen molar-refractivity contribution in [2.75, 3.05) is 0 Å². The monoisotopic (exact) mass is 435 g/mol. The predicted molar refractivity (Wildman–Crippen MR) is 114 cm³/mol. The molecule has 1 amide bonds. The molecule has 0 spiro atoms. The second-order valence-electron chi connectivity index (χ2n) is 8.23. The molecule has 0 bridgehead atoms. The van der Waals surface area contributed by atoms with E-state index in [9.17, 15) is 19.1 Å². The first-order valence-electron chi connectivity index (χ1n) is 9.72. The molecule has 0 aliphatic carbocycles. The zero-order valence-electron chi connectivity index (χ0n) is 17.5. The topological polar surface area (TPSA) is 75.6 Å². The molecule has 0 saturated carbocycles. The lowest BCUT2D eigenvalue weighted by atomic mass is 9.76. The number of alkyl carbamates (subject to hydrolysis) is 1. The number of amides is 1. The fourth-order valence-electron chi connectivity index (χ4n) is 3.29. The van der Waals surface area contributed by atoms with Crippen molar-refractivity contribution >= 4 is 23.7 Å². The number of carboxylic acid groups (broad SMARTS) is 1. The van der Waals surface area contributed by atoms with E-state index in [2.05, 4.69) is 5.32 Å². The molecule has 7 heteroatoms. The first-order valence-corrected chi connectivity index (χ1v) is 10.1. The molecule has 0 fully saturated rings. The van der Waals surface area contributed by atoms with Crippen LogP contribution in [0.15, 0.2) is 48.5 Å². The standard InChI is InChI=1S/C23H27ClFNO4/c1-14(2)12-19(21(27)28)26-22(29)30-20(15-8-10-18(25)11-9-15)23(3,4)16-6-5-7-17(24)13-16/h5-11,13-14,19-20H,12H2,1-4H3,(H,26,29)(H,27,28)/t19-,20?/m0/s1. The minimum absolute atomic E-state index is 0.0715. The summed E-state index contributed by atoms with van der Waals surface area (Å²) in [7, 11) is 0. The van der Waals surface area contributed by atoms with Gasteiger partial charge in [0.05, 0.1) is 0 Å². The second-order valence-corrected chi connectivity index (χ2v) is 8.67. The number of hydrogen-bond acceptors (Lipinski definition) is 3. The first kappa shape index (κ1) is 23.7. The maximum Gasteiger partial charge on any atom is 0.408 e. The Bertz CT molecular complexity index is 883. The third kappa shape index (κ3) is 6.20. The van der Waals surface area contributed by atoms with Crippen LogP contribution in [0.5, 0.6) is 0 Å². The molecule has 30 heavy (non-hydrogen) atoms. The lowest BCUT2D eigenvalue weighted by molar-refractivity contribution is -0.139. The van der Waals surface area contributed by atoms with Gasteiger partial charge in [0.1, 0.15) is 18.0 Å². The van der Waals surface area contributed by atoms with Gasteiger partial charge in [-0.1, -0.05) is 63.6 Å². The quantitative estimate of drug-likeness (QED) is 0.555. The highest BCUT2D eigenvalue weighted by Gasteiger charge is 2.37. The average molecular weight is 436 g/mol. The third-order valence-corrected chi connectivity index (χ3v) is 5.15. The molecule has 0 radical (unpaired) electrons. The van der Waals surface area contributed by atoms with Gasteiger partial charge >= 0.3 is 12.1 Å². The van der Waals surface area contributed by atoms with Crippen molar-refractivity contribution in [3.63, 3.8) is 0 Å². The van der Waals surface area contributed by atoms with Crippen LogP contribution in [0.1, 0.15) is 51.3 Å². The Kier molecular flexibility index (Phi) is 7.84. The van der Waals surface area contributed by atoms with Crippen molar-refractivity contribution in [2.24, 2.45) is 5.92 Å². The smallest absolute Gasteiger partial charge is 0.408 e. The largest absolute Gasteiger partial charge is 0.480 e. The molecule has 2 atom stereocenters. The number of aliphatic carboxylic acids is 1. The van der Waals surface area contributed by atoms with E-state index in [1.54, 1.807) is 30.3 Å². The van der Waals surface area contributed by atoms with Crippen LogP contribution in [0.4, 0.5) is 9.18 Å². The summed E-state index contributed by atoms with van der Waals surface area (Å²) in [6.45, 7) is 7.49. The van der Waals surface area contributed by atoms with Crippen LogP contribution in [-0.2, 0) is 14.9 Å². The molecular formula is C23H27ClFNO4. The Balaban J connectivity index is 2.35. The molecule has 0 aliphatic rings. The number of halogens is 2. The summed E-state index contributed by atoms with van der Waals surface area (Å²) in [6, 6.07) is 11.8. The van der Waals surface area contributed by atoms with Crippen molar-refractivity contribution in [3.8, 4) is 0 Å². The van der Waals surface area contributed by atoms with Crippen LogP contribution in [0.25, 0.3) is 0 Å². The molecule has 2 aromatic rings. The maximum absolute atomic E-state index is 13.5. The highest BCUT2D eigenvalue weighted by atomic mass is 35.5. The minimum Gasteiger partial charge on any atom is -0.480 e. The number of carbonyl (C=O) groups is 2. The van der Waals surface area contributed by atoms with Crippen LogP contribution in [0, 0.1) is 11.7 Å². The van der Waals surface area contributed by atoms with Gasteiger partial charge in [0, 0.05) is 10.4 Å². The molecule has 2 aromatic carbocycles. The number of carboxylic acids is 1. The molecule has 1 unspecified atom stereocenters. The van der Waals surface area contributed by atoms with E-state index >= 15 is 0 Å². The van der Waals surface area contributed by atoms with E-state index in [1.165, 1.54) is 12.1 Å². The summed E-state index contributed by atoms with van der Waals surface area (Å²) in [5.41, 5.74) is 0.651. The highest BCUT2D eigenvalue weighted by molar-refractivity contribution is 6.30. The Morgan fingerprint density at radius 1 is 1.17 bits per heavy atom. The molecular weight excluding hydrogens is 409 g/mol. The number of ether oxygens (including phenoxy) is 1. The third-order valence-electron chi connectivity index (χ3n) is 4.92. The number of nitrogens with one attached hydrogen (secondary N) is 1. The van der Waals surface area contributed by atoms with Crippen LogP contribution in [-0.4, -0.2) is 23.2 Å². The van der Waals surface area contributed by atoms with Crippen molar-refractivity contribution in [1.29, 1.82) is 0 Å². The molecule has 162 valence electrons. The SMILES string of the molecule is CC(C)C[C@H](NC(=O)OC(c1ccc(F)cc1)C(C)(C)c1cccc(Cl)c1)C(=O)O.